The standard InChI is InChI=1S/C11H16N2O2S2/c1-13(5-4-10(12)16)11(14)8-15-7-9-3-2-6-17-9/h2-3,6H,4-5,7-8H2,1H3,(H2,12,16). The second-order valence-electron chi connectivity index (χ2n) is 3.60. The van der Waals surface area contributed by atoms with Crippen LogP contribution in [0.2, 0.25) is 0 Å². The number of amides is 1. The molecule has 1 aromatic heterocycles. The Hall–Kier alpha value is -0.980. The maximum atomic E-state index is 11.6. The second kappa shape index (κ2) is 7.37. The zero-order valence-corrected chi connectivity index (χ0v) is 11.4. The first-order chi connectivity index (χ1) is 8.09. The third kappa shape index (κ3) is 5.76. The highest BCUT2D eigenvalue weighted by atomic mass is 32.1. The molecule has 0 aliphatic rings. The normalized spacial score (nSPS) is 10.2. The first kappa shape index (κ1) is 14.1. The number of nitrogens with zero attached hydrogens (tertiary/aromatic N) is 1. The number of thiophene rings is 1. The molecule has 0 aliphatic carbocycles. The van der Waals surface area contributed by atoms with Crippen LogP contribution in [0, 0.1) is 0 Å². The van der Waals surface area contributed by atoms with Gasteiger partial charge in [-0.15, -0.1) is 11.3 Å². The molecule has 0 atom stereocenters. The predicted octanol–water partition coefficient (Wildman–Crippen LogP) is 1.40. The lowest BCUT2D eigenvalue weighted by Crippen LogP contribution is -2.32. The fourth-order valence-corrected chi connectivity index (χ4v) is 1.88. The van der Waals surface area contributed by atoms with Crippen LogP contribution in [0.3, 0.4) is 0 Å². The van der Waals surface area contributed by atoms with Crippen molar-refractivity contribution in [3.05, 3.63) is 22.4 Å². The molecule has 1 amide bonds. The van der Waals surface area contributed by atoms with E-state index in [1.165, 1.54) is 0 Å². The van der Waals surface area contributed by atoms with Gasteiger partial charge in [0, 0.05) is 24.9 Å². The molecule has 0 radical (unpaired) electrons. The number of thiocarbonyl (C=S) groups is 1. The van der Waals surface area contributed by atoms with Gasteiger partial charge >= 0.3 is 0 Å². The number of nitrogens with two attached hydrogens (primary N) is 1. The molecule has 0 aliphatic heterocycles. The summed E-state index contributed by atoms with van der Waals surface area (Å²) in [7, 11) is 1.72. The lowest BCUT2D eigenvalue weighted by atomic mass is 10.4. The first-order valence-electron chi connectivity index (χ1n) is 5.22. The van der Waals surface area contributed by atoms with Gasteiger partial charge in [0.15, 0.2) is 0 Å². The van der Waals surface area contributed by atoms with Gasteiger partial charge in [0.2, 0.25) is 5.91 Å². The largest absolute Gasteiger partial charge is 0.393 e. The highest BCUT2D eigenvalue weighted by Gasteiger charge is 2.08. The zero-order chi connectivity index (χ0) is 12.7. The Morgan fingerprint density at radius 1 is 1.65 bits per heavy atom. The van der Waals surface area contributed by atoms with Crippen LogP contribution in [0.4, 0.5) is 0 Å². The maximum absolute atomic E-state index is 11.6. The summed E-state index contributed by atoms with van der Waals surface area (Å²) in [5.74, 6) is -0.0576. The van der Waals surface area contributed by atoms with Crippen LogP contribution in [0.5, 0.6) is 0 Å². The zero-order valence-electron chi connectivity index (χ0n) is 9.72. The molecule has 0 fully saturated rings. The summed E-state index contributed by atoms with van der Waals surface area (Å²) >= 11 is 6.37. The summed E-state index contributed by atoms with van der Waals surface area (Å²) in [6.45, 7) is 1.11. The number of carbonyl (C=O) groups is 1. The third-order valence-electron chi connectivity index (χ3n) is 2.17. The molecule has 0 saturated carbocycles. The number of hydrogen-bond donors (Lipinski definition) is 1. The van der Waals surface area contributed by atoms with Gasteiger partial charge in [-0.3, -0.25) is 4.79 Å². The van der Waals surface area contributed by atoms with E-state index >= 15 is 0 Å². The molecule has 17 heavy (non-hydrogen) atoms. The Balaban J connectivity index is 2.17. The molecule has 1 heterocycles. The van der Waals surface area contributed by atoms with Crippen LogP contribution in [-0.4, -0.2) is 36.0 Å². The van der Waals surface area contributed by atoms with Crippen LogP contribution in [0.25, 0.3) is 0 Å². The molecule has 0 aromatic carbocycles. The Bertz CT molecular complexity index is 366. The molecule has 2 N–H and O–H groups in total. The van der Waals surface area contributed by atoms with Crippen LogP contribution in [0.1, 0.15) is 11.3 Å². The van der Waals surface area contributed by atoms with Crippen molar-refractivity contribution < 1.29 is 9.53 Å². The molecule has 6 heteroatoms. The number of ether oxygens (including phenoxy) is 1. The summed E-state index contributed by atoms with van der Waals surface area (Å²) < 4.78 is 5.32. The van der Waals surface area contributed by atoms with Crippen molar-refractivity contribution >= 4 is 34.5 Å². The van der Waals surface area contributed by atoms with Crippen molar-refractivity contribution in [2.24, 2.45) is 5.73 Å². The lowest BCUT2D eigenvalue weighted by Gasteiger charge is -2.16. The average molecular weight is 272 g/mol. The van der Waals surface area contributed by atoms with Crippen LogP contribution in [0.15, 0.2) is 17.5 Å². The van der Waals surface area contributed by atoms with E-state index in [9.17, 15) is 4.79 Å². The van der Waals surface area contributed by atoms with Crippen LogP contribution >= 0.6 is 23.6 Å². The van der Waals surface area contributed by atoms with E-state index in [-0.39, 0.29) is 12.5 Å². The highest BCUT2D eigenvalue weighted by molar-refractivity contribution is 7.80. The quantitative estimate of drug-likeness (QED) is 0.762. The van der Waals surface area contributed by atoms with Gasteiger partial charge in [-0.25, -0.2) is 0 Å². The van der Waals surface area contributed by atoms with E-state index in [1.807, 2.05) is 17.5 Å². The molecule has 1 aromatic rings. The topological polar surface area (TPSA) is 55.6 Å². The second-order valence-corrected chi connectivity index (χ2v) is 5.16. The summed E-state index contributed by atoms with van der Waals surface area (Å²) in [5.41, 5.74) is 5.37. The predicted molar refractivity (Wildman–Crippen MR) is 73.0 cm³/mol. The first-order valence-corrected chi connectivity index (χ1v) is 6.51. The Kier molecular flexibility index (Phi) is 6.10. The molecular formula is C11H16N2O2S2. The van der Waals surface area contributed by atoms with E-state index < -0.39 is 0 Å². The molecule has 94 valence electrons. The number of rotatable bonds is 7. The monoisotopic (exact) mass is 272 g/mol. The van der Waals surface area contributed by atoms with Crippen molar-refractivity contribution in [2.45, 2.75) is 13.0 Å². The molecule has 0 bridgehead atoms. The van der Waals surface area contributed by atoms with Crippen molar-refractivity contribution in [3.63, 3.8) is 0 Å². The number of carbonyl (C=O) groups excluding carboxylic acids is 1. The average Bonchev–Trinajstić information content (AvgIpc) is 2.78. The van der Waals surface area contributed by atoms with Crippen molar-refractivity contribution in [1.82, 2.24) is 4.90 Å². The fourth-order valence-electron chi connectivity index (χ4n) is 1.15. The van der Waals surface area contributed by atoms with Crippen molar-refractivity contribution in [2.75, 3.05) is 20.2 Å². The van der Waals surface area contributed by atoms with Gasteiger partial charge < -0.3 is 15.4 Å². The summed E-state index contributed by atoms with van der Waals surface area (Å²) in [6.07, 6.45) is 0.544. The molecule has 0 spiro atoms. The van der Waals surface area contributed by atoms with E-state index in [0.29, 0.717) is 24.6 Å². The van der Waals surface area contributed by atoms with Gasteiger partial charge in [0.1, 0.15) is 6.61 Å². The summed E-state index contributed by atoms with van der Waals surface area (Å²) in [4.78, 5) is 14.7. The Labute approximate surface area is 110 Å². The smallest absolute Gasteiger partial charge is 0.248 e. The summed E-state index contributed by atoms with van der Waals surface area (Å²) in [5, 5.41) is 1.98. The van der Waals surface area contributed by atoms with Gasteiger partial charge in [-0.1, -0.05) is 18.3 Å². The molecule has 1 rings (SSSR count). The van der Waals surface area contributed by atoms with E-state index in [2.05, 4.69) is 0 Å². The Morgan fingerprint density at radius 3 is 3.00 bits per heavy atom. The molecule has 0 saturated heterocycles. The van der Waals surface area contributed by atoms with Gasteiger partial charge in [0.05, 0.1) is 11.6 Å². The SMILES string of the molecule is CN(CCC(N)=S)C(=O)COCc1cccs1. The summed E-state index contributed by atoms with van der Waals surface area (Å²) in [6, 6.07) is 3.94. The molecular weight excluding hydrogens is 256 g/mol. The van der Waals surface area contributed by atoms with E-state index in [4.69, 9.17) is 22.7 Å². The van der Waals surface area contributed by atoms with Crippen molar-refractivity contribution in [3.8, 4) is 0 Å². The van der Waals surface area contributed by atoms with Gasteiger partial charge in [0.25, 0.3) is 0 Å². The van der Waals surface area contributed by atoms with Gasteiger partial charge in [-0.2, -0.15) is 0 Å². The number of likely N-dealkylation sites (N-methyl/N-ethyl adjacent to an activating group) is 1. The highest BCUT2D eigenvalue weighted by Crippen LogP contribution is 2.09. The molecule has 4 nitrogen and oxygen atoms in total. The number of hydrogen-bond acceptors (Lipinski definition) is 4. The van der Waals surface area contributed by atoms with Crippen LogP contribution in [-0.2, 0) is 16.1 Å². The maximum Gasteiger partial charge on any atom is 0.248 e. The van der Waals surface area contributed by atoms with E-state index in [0.717, 1.165) is 4.88 Å². The third-order valence-corrected chi connectivity index (χ3v) is 3.22. The van der Waals surface area contributed by atoms with Crippen molar-refractivity contribution in [1.29, 1.82) is 0 Å². The minimum Gasteiger partial charge on any atom is -0.393 e. The lowest BCUT2D eigenvalue weighted by molar-refractivity contribution is -0.135. The van der Waals surface area contributed by atoms with Gasteiger partial charge in [-0.05, 0) is 11.4 Å². The Morgan fingerprint density at radius 2 is 2.41 bits per heavy atom. The minimum atomic E-state index is -0.0576. The van der Waals surface area contributed by atoms with E-state index in [1.54, 1.807) is 23.3 Å². The van der Waals surface area contributed by atoms with Crippen LogP contribution < -0.4 is 5.73 Å². The minimum absolute atomic E-state index is 0.0576. The fraction of sp³-hybridized carbons (Fsp3) is 0.455. The molecule has 0 unspecified atom stereocenters.